The van der Waals surface area contributed by atoms with Gasteiger partial charge in [0.1, 0.15) is 11.6 Å². The molecule has 4 nitrogen and oxygen atoms in total. The number of aromatic nitrogens is 2. The highest BCUT2D eigenvalue weighted by Gasteiger charge is 2.16. The van der Waals surface area contributed by atoms with Gasteiger partial charge in [-0.15, -0.1) is 0 Å². The lowest BCUT2D eigenvalue weighted by Gasteiger charge is -2.25. The number of pyridine rings is 2. The Hall–Kier alpha value is -4.44. The molecule has 4 heteroatoms. The molecule has 154 valence electrons. The fourth-order valence-electron chi connectivity index (χ4n) is 3.73. The first-order chi connectivity index (χ1) is 15.8. The van der Waals surface area contributed by atoms with Crippen molar-refractivity contribution in [3.05, 3.63) is 121 Å². The van der Waals surface area contributed by atoms with Crippen molar-refractivity contribution in [1.29, 1.82) is 0 Å². The third-order valence-electron chi connectivity index (χ3n) is 5.22. The minimum absolute atomic E-state index is 0.256. The lowest BCUT2D eigenvalue weighted by Crippen LogP contribution is -2.12. The first-order valence-corrected chi connectivity index (χ1v) is 10.4. The van der Waals surface area contributed by atoms with Gasteiger partial charge in [-0.25, -0.2) is 4.98 Å². The molecule has 0 bridgehead atoms. The van der Waals surface area contributed by atoms with Crippen molar-refractivity contribution in [1.82, 2.24) is 9.97 Å². The quantitative estimate of drug-likeness (QED) is 0.336. The number of nitrogens with zero attached hydrogens (tertiary/aromatic N) is 3. The van der Waals surface area contributed by atoms with E-state index in [2.05, 4.69) is 28.1 Å². The molecule has 1 N–H and O–H groups in total. The van der Waals surface area contributed by atoms with E-state index in [0.717, 1.165) is 39.7 Å². The average Bonchev–Trinajstić information content (AvgIpc) is 2.86. The van der Waals surface area contributed by atoms with Crippen LogP contribution < -0.4 is 4.90 Å². The zero-order valence-electron chi connectivity index (χ0n) is 17.3. The summed E-state index contributed by atoms with van der Waals surface area (Å²) in [6.45, 7) is 0. The van der Waals surface area contributed by atoms with Crippen LogP contribution in [0.4, 0.5) is 17.2 Å². The van der Waals surface area contributed by atoms with Crippen LogP contribution in [0.2, 0.25) is 0 Å². The molecule has 2 heterocycles. The number of hydrogen-bond donors (Lipinski definition) is 1. The highest BCUT2D eigenvalue weighted by Crippen LogP contribution is 2.37. The molecular formula is C28H21N3O. The van der Waals surface area contributed by atoms with E-state index >= 15 is 0 Å². The molecule has 32 heavy (non-hydrogen) atoms. The van der Waals surface area contributed by atoms with Gasteiger partial charge < -0.3 is 5.11 Å². The molecule has 0 unspecified atom stereocenters. The number of aromatic hydroxyl groups is 1. The normalized spacial score (nSPS) is 10.6. The molecule has 5 aromatic rings. The first-order valence-electron chi connectivity index (χ1n) is 10.4. The monoisotopic (exact) mass is 415 g/mol. The van der Waals surface area contributed by atoms with Crippen LogP contribution in [0.5, 0.6) is 5.75 Å². The number of phenols is 1. The van der Waals surface area contributed by atoms with Crippen molar-refractivity contribution in [2.24, 2.45) is 0 Å². The number of rotatable bonds is 5. The van der Waals surface area contributed by atoms with Gasteiger partial charge in [0.25, 0.3) is 0 Å². The summed E-state index contributed by atoms with van der Waals surface area (Å²) in [6, 6.07) is 37.4. The van der Waals surface area contributed by atoms with Gasteiger partial charge in [0.2, 0.25) is 0 Å². The molecule has 0 radical (unpaired) electrons. The van der Waals surface area contributed by atoms with E-state index in [1.807, 2.05) is 91.0 Å². The molecule has 0 saturated heterocycles. The Kier molecular flexibility index (Phi) is 5.33. The number of hydrogen-bond acceptors (Lipinski definition) is 4. The van der Waals surface area contributed by atoms with Gasteiger partial charge in [-0.2, -0.15) is 0 Å². The van der Waals surface area contributed by atoms with Gasteiger partial charge in [0, 0.05) is 23.1 Å². The molecule has 3 aromatic carbocycles. The summed E-state index contributed by atoms with van der Waals surface area (Å²) < 4.78 is 0. The summed E-state index contributed by atoms with van der Waals surface area (Å²) in [4.78, 5) is 11.5. The maximum Gasteiger partial charge on any atom is 0.138 e. The summed E-state index contributed by atoms with van der Waals surface area (Å²) in [5, 5.41) is 10.4. The van der Waals surface area contributed by atoms with Crippen LogP contribution in [0.3, 0.4) is 0 Å². The van der Waals surface area contributed by atoms with Crippen molar-refractivity contribution in [3.63, 3.8) is 0 Å². The van der Waals surface area contributed by atoms with Gasteiger partial charge in [0.05, 0.1) is 11.4 Å². The van der Waals surface area contributed by atoms with Gasteiger partial charge in [0.15, 0.2) is 0 Å². The third-order valence-corrected chi connectivity index (χ3v) is 5.22. The molecule has 0 spiro atoms. The standard InChI is InChI=1S/C28H21N3O/c32-27-17-5-4-14-24(27)21-10-8-13-23(20-21)31(22-11-2-1-3-12-22)28-18-9-16-26(30-28)25-15-6-7-19-29-25/h1-20,32H. The molecule has 0 amide bonds. The molecule has 0 aliphatic rings. The van der Waals surface area contributed by atoms with Gasteiger partial charge in [-0.05, 0) is 60.2 Å². The van der Waals surface area contributed by atoms with Crippen LogP contribution in [0.15, 0.2) is 121 Å². The van der Waals surface area contributed by atoms with Crippen molar-refractivity contribution in [3.8, 4) is 28.3 Å². The Morgan fingerprint density at radius 3 is 2.12 bits per heavy atom. The molecule has 0 aliphatic heterocycles. The topological polar surface area (TPSA) is 49.2 Å². The zero-order chi connectivity index (χ0) is 21.8. The van der Waals surface area contributed by atoms with Crippen LogP contribution in [0.25, 0.3) is 22.5 Å². The van der Waals surface area contributed by atoms with E-state index in [0.29, 0.717) is 0 Å². The summed E-state index contributed by atoms with van der Waals surface area (Å²) in [5.41, 5.74) is 5.29. The Labute approximate surface area is 187 Å². The van der Waals surface area contributed by atoms with Crippen LogP contribution in [0, 0.1) is 0 Å². The Balaban J connectivity index is 1.64. The largest absolute Gasteiger partial charge is 0.507 e. The minimum atomic E-state index is 0.256. The highest BCUT2D eigenvalue weighted by molar-refractivity contribution is 5.80. The molecule has 2 aromatic heterocycles. The fourth-order valence-corrected chi connectivity index (χ4v) is 3.73. The molecule has 0 fully saturated rings. The van der Waals surface area contributed by atoms with Crippen LogP contribution in [-0.4, -0.2) is 15.1 Å². The van der Waals surface area contributed by atoms with Crippen LogP contribution >= 0.6 is 0 Å². The minimum Gasteiger partial charge on any atom is -0.507 e. The van der Waals surface area contributed by atoms with Gasteiger partial charge in [-0.1, -0.05) is 60.7 Å². The summed E-state index contributed by atoms with van der Waals surface area (Å²) >= 11 is 0. The number of phenolic OH excluding ortho intramolecular Hbond substituents is 1. The maximum atomic E-state index is 10.4. The second kappa shape index (κ2) is 8.74. The second-order valence-corrected chi connectivity index (χ2v) is 7.33. The third kappa shape index (κ3) is 3.94. The predicted molar refractivity (Wildman–Crippen MR) is 129 cm³/mol. The Morgan fingerprint density at radius 1 is 0.594 bits per heavy atom. The Morgan fingerprint density at radius 2 is 1.31 bits per heavy atom. The van der Waals surface area contributed by atoms with Gasteiger partial charge >= 0.3 is 0 Å². The van der Waals surface area contributed by atoms with E-state index in [1.165, 1.54) is 0 Å². The Bertz CT molecular complexity index is 1340. The SMILES string of the molecule is Oc1ccccc1-c1cccc(N(c2ccccc2)c2cccc(-c3ccccn3)n2)c1. The van der Waals surface area contributed by atoms with E-state index in [-0.39, 0.29) is 5.75 Å². The van der Waals surface area contributed by atoms with Crippen molar-refractivity contribution in [2.45, 2.75) is 0 Å². The highest BCUT2D eigenvalue weighted by atomic mass is 16.3. The summed E-state index contributed by atoms with van der Waals surface area (Å²) in [6.07, 6.45) is 1.77. The zero-order valence-corrected chi connectivity index (χ0v) is 17.3. The van der Waals surface area contributed by atoms with E-state index in [9.17, 15) is 5.11 Å². The van der Waals surface area contributed by atoms with E-state index in [1.54, 1.807) is 12.3 Å². The van der Waals surface area contributed by atoms with Crippen LogP contribution in [-0.2, 0) is 0 Å². The lowest BCUT2D eigenvalue weighted by molar-refractivity contribution is 0.477. The number of anilines is 3. The summed E-state index contributed by atoms with van der Waals surface area (Å²) in [5.74, 6) is 1.04. The molecule has 0 aliphatic carbocycles. The van der Waals surface area contributed by atoms with Gasteiger partial charge in [-0.3, -0.25) is 9.88 Å². The number of benzene rings is 3. The maximum absolute atomic E-state index is 10.4. The van der Waals surface area contributed by atoms with E-state index in [4.69, 9.17) is 4.98 Å². The first kappa shape index (κ1) is 19.5. The van der Waals surface area contributed by atoms with Crippen molar-refractivity contribution in [2.75, 3.05) is 4.90 Å². The number of para-hydroxylation sites is 2. The summed E-state index contributed by atoms with van der Waals surface area (Å²) in [7, 11) is 0. The van der Waals surface area contributed by atoms with Crippen LogP contribution in [0.1, 0.15) is 0 Å². The smallest absolute Gasteiger partial charge is 0.138 e. The van der Waals surface area contributed by atoms with E-state index < -0.39 is 0 Å². The molecule has 0 saturated carbocycles. The average molecular weight is 415 g/mol. The lowest BCUT2D eigenvalue weighted by atomic mass is 10.0. The second-order valence-electron chi connectivity index (χ2n) is 7.33. The predicted octanol–water partition coefficient (Wildman–Crippen LogP) is 6.99. The fraction of sp³-hybridized carbons (Fsp3) is 0. The molecule has 0 atom stereocenters. The molecule has 5 rings (SSSR count). The van der Waals surface area contributed by atoms with Crippen molar-refractivity contribution < 1.29 is 5.11 Å². The van der Waals surface area contributed by atoms with Crippen molar-refractivity contribution >= 4 is 17.2 Å². The molecular weight excluding hydrogens is 394 g/mol.